The van der Waals surface area contributed by atoms with Gasteiger partial charge in [0.25, 0.3) is 0 Å². The number of hydrogen-bond donors (Lipinski definition) is 3. The van der Waals surface area contributed by atoms with Gasteiger partial charge in [-0.15, -0.1) is 0 Å². The lowest BCUT2D eigenvalue weighted by Crippen LogP contribution is -2.30. The number of nitrogens with zero attached hydrogens (tertiary/aromatic N) is 1. The number of hydrogen-bond acceptors (Lipinski definition) is 4. The molecule has 5 nitrogen and oxygen atoms in total. The van der Waals surface area contributed by atoms with Crippen LogP contribution in [0.15, 0.2) is 23.3 Å². The molecular formula is C15H20Cl2N4O. The average Bonchev–Trinajstić information content (AvgIpc) is 2.80. The molecule has 2 unspecified atom stereocenters. The molecule has 3 N–H and O–H groups in total. The SMILES string of the molecule is CC1NNC(C)C1CCC(=O)N/N=C\c1ccc(Cl)c(Cl)c1. The van der Waals surface area contributed by atoms with Crippen molar-refractivity contribution in [2.75, 3.05) is 0 Å². The number of carbonyl (C=O) groups is 1. The van der Waals surface area contributed by atoms with Crippen molar-refractivity contribution in [3.05, 3.63) is 33.8 Å². The van der Waals surface area contributed by atoms with E-state index in [1.54, 1.807) is 24.4 Å². The molecule has 0 aromatic heterocycles. The number of benzene rings is 1. The summed E-state index contributed by atoms with van der Waals surface area (Å²) in [7, 11) is 0. The van der Waals surface area contributed by atoms with Crippen molar-refractivity contribution in [3.8, 4) is 0 Å². The Labute approximate surface area is 140 Å². The Morgan fingerprint density at radius 1 is 1.27 bits per heavy atom. The number of nitrogens with one attached hydrogen (secondary N) is 3. The molecule has 1 aromatic carbocycles. The molecule has 0 saturated carbocycles. The molecule has 0 radical (unpaired) electrons. The summed E-state index contributed by atoms with van der Waals surface area (Å²) >= 11 is 11.7. The lowest BCUT2D eigenvalue weighted by molar-refractivity contribution is -0.121. The van der Waals surface area contributed by atoms with Crippen LogP contribution in [0.2, 0.25) is 10.0 Å². The molecule has 1 aliphatic heterocycles. The van der Waals surface area contributed by atoms with Crippen LogP contribution >= 0.6 is 23.2 Å². The van der Waals surface area contributed by atoms with Crippen LogP contribution in [-0.4, -0.2) is 24.2 Å². The van der Waals surface area contributed by atoms with E-state index in [9.17, 15) is 4.79 Å². The number of hydrazine groups is 1. The van der Waals surface area contributed by atoms with Crippen molar-refractivity contribution >= 4 is 35.3 Å². The minimum Gasteiger partial charge on any atom is -0.273 e. The van der Waals surface area contributed by atoms with Gasteiger partial charge in [-0.1, -0.05) is 29.3 Å². The molecule has 1 amide bonds. The zero-order valence-corrected chi connectivity index (χ0v) is 14.1. The van der Waals surface area contributed by atoms with Gasteiger partial charge in [0.1, 0.15) is 0 Å². The monoisotopic (exact) mass is 342 g/mol. The first kappa shape index (κ1) is 17.2. The molecule has 120 valence electrons. The molecule has 1 aliphatic rings. The lowest BCUT2D eigenvalue weighted by atomic mass is 9.91. The highest BCUT2D eigenvalue weighted by Gasteiger charge is 2.29. The Morgan fingerprint density at radius 3 is 2.59 bits per heavy atom. The Kier molecular flexibility index (Phi) is 6.20. The quantitative estimate of drug-likeness (QED) is 0.569. The number of amides is 1. The fourth-order valence-corrected chi connectivity index (χ4v) is 2.84. The highest BCUT2D eigenvalue weighted by atomic mass is 35.5. The highest BCUT2D eigenvalue weighted by Crippen LogP contribution is 2.22. The maximum Gasteiger partial charge on any atom is 0.240 e. The summed E-state index contributed by atoms with van der Waals surface area (Å²) in [6.45, 7) is 4.23. The van der Waals surface area contributed by atoms with Crippen molar-refractivity contribution in [2.24, 2.45) is 11.0 Å². The van der Waals surface area contributed by atoms with Crippen LogP contribution < -0.4 is 16.3 Å². The second-order valence-electron chi connectivity index (χ2n) is 5.54. The van der Waals surface area contributed by atoms with Crippen molar-refractivity contribution < 1.29 is 4.79 Å². The molecule has 22 heavy (non-hydrogen) atoms. The van der Waals surface area contributed by atoms with Crippen LogP contribution in [0, 0.1) is 5.92 Å². The van der Waals surface area contributed by atoms with Gasteiger partial charge in [-0.25, -0.2) is 5.43 Å². The molecule has 2 rings (SSSR count). The van der Waals surface area contributed by atoms with Crippen LogP contribution in [0.1, 0.15) is 32.3 Å². The Bertz CT molecular complexity index is 554. The zero-order valence-electron chi connectivity index (χ0n) is 12.6. The van der Waals surface area contributed by atoms with Gasteiger partial charge < -0.3 is 0 Å². The number of hydrazone groups is 1. The van der Waals surface area contributed by atoms with Crippen molar-refractivity contribution in [3.63, 3.8) is 0 Å². The Morgan fingerprint density at radius 2 is 1.95 bits per heavy atom. The lowest BCUT2D eigenvalue weighted by Gasteiger charge is -2.16. The number of carbonyl (C=O) groups excluding carboxylic acids is 1. The van der Waals surface area contributed by atoms with E-state index in [0.29, 0.717) is 34.5 Å². The molecule has 1 aromatic rings. The minimum absolute atomic E-state index is 0.0948. The normalized spacial score (nSPS) is 24.8. The summed E-state index contributed by atoms with van der Waals surface area (Å²) in [5, 5.41) is 4.89. The summed E-state index contributed by atoms with van der Waals surface area (Å²) in [4.78, 5) is 11.8. The van der Waals surface area contributed by atoms with E-state index in [2.05, 4.69) is 35.2 Å². The molecule has 2 atom stereocenters. The van der Waals surface area contributed by atoms with E-state index in [-0.39, 0.29) is 5.91 Å². The van der Waals surface area contributed by atoms with E-state index in [4.69, 9.17) is 23.2 Å². The second-order valence-corrected chi connectivity index (χ2v) is 6.35. The molecular weight excluding hydrogens is 323 g/mol. The van der Waals surface area contributed by atoms with Gasteiger partial charge in [-0.3, -0.25) is 15.6 Å². The number of rotatable bonds is 5. The van der Waals surface area contributed by atoms with Gasteiger partial charge in [0, 0.05) is 18.5 Å². The van der Waals surface area contributed by atoms with Crippen LogP contribution in [0.5, 0.6) is 0 Å². The van der Waals surface area contributed by atoms with E-state index >= 15 is 0 Å². The van der Waals surface area contributed by atoms with Gasteiger partial charge >= 0.3 is 0 Å². The maximum atomic E-state index is 11.8. The zero-order chi connectivity index (χ0) is 16.1. The van der Waals surface area contributed by atoms with Crippen molar-refractivity contribution in [1.82, 2.24) is 16.3 Å². The minimum atomic E-state index is -0.0948. The fourth-order valence-electron chi connectivity index (χ4n) is 2.54. The average molecular weight is 343 g/mol. The van der Waals surface area contributed by atoms with Gasteiger partial charge in [0.2, 0.25) is 5.91 Å². The van der Waals surface area contributed by atoms with Gasteiger partial charge in [-0.05, 0) is 43.9 Å². The second kappa shape index (κ2) is 7.92. The van der Waals surface area contributed by atoms with Gasteiger partial charge in [0.05, 0.1) is 16.3 Å². The summed E-state index contributed by atoms with van der Waals surface area (Å²) in [5.41, 5.74) is 9.68. The molecule has 0 aliphatic carbocycles. The molecule has 0 bridgehead atoms. The van der Waals surface area contributed by atoms with Gasteiger partial charge in [-0.2, -0.15) is 5.10 Å². The fraction of sp³-hybridized carbons (Fsp3) is 0.467. The third-order valence-corrected chi connectivity index (χ3v) is 4.61. The Hall–Kier alpha value is -1.14. The summed E-state index contributed by atoms with van der Waals surface area (Å²) in [5.74, 6) is 0.340. The predicted octanol–water partition coefficient (Wildman–Crippen LogP) is 2.72. The van der Waals surface area contributed by atoms with Crippen molar-refractivity contribution in [2.45, 2.75) is 38.8 Å². The van der Waals surface area contributed by atoms with Crippen LogP contribution in [0.4, 0.5) is 0 Å². The van der Waals surface area contributed by atoms with Crippen LogP contribution in [-0.2, 0) is 4.79 Å². The van der Waals surface area contributed by atoms with Crippen LogP contribution in [0.3, 0.4) is 0 Å². The van der Waals surface area contributed by atoms with E-state index in [1.807, 2.05) is 0 Å². The molecule has 1 fully saturated rings. The van der Waals surface area contributed by atoms with Gasteiger partial charge in [0.15, 0.2) is 0 Å². The van der Waals surface area contributed by atoms with Crippen molar-refractivity contribution in [1.29, 1.82) is 0 Å². The molecule has 1 saturated heterocycles. The van der Waals surface area contributed by atoms with Crippen LogP contribution in [0.25, 0.3) is 0 Å². The molecule has 1 heterocycles. The topological polar surface area (TPSA) is 65.5 Å². The van der Waals surface area contributed by atoms with E-state index < -0.39 is 0 Å². The number of halogens is 2. The third kappa shape index (κ3) is 4.68. The largest absolute Gasteiger partial charge is 0.273 e. The first-order chi connectivity index (χ1) is 10.5. The maximum absolute atomic E-state index is 11.8. The third-order valence-electron chi connectivity index (χ3n) is 3.87. The smallest absolute Gasteiger partial charge is 0.240 e. The highest BCUT2D eigenvalue weighted by molar-refractivity contribution is 6.42. The first-order valence-electron chi connectivity index (χ1n) is 7.25. The van der Waals surface area contributed by atoms with E-state index in [1.165, 1.54) is 0 Å². The standard InChI is InChI=1S/C15H20Cl2N4O/c1-9-12(10(2)20-19-9)4-6-15(22)21-18-8-11-3-5-13(16)14(17)7-11/h3,5,7-10,12,19-20H,4,6H2,1-2H3,(H,21,22)/b18-8-. The summed E-state index contributed by atoms with van der Waals surface area (Å²) in [6, 6.07) is 5.89. The molecule has 7 heteroatoms. The Balaban J connectivity index is 1.77. The summed E-state index contributed by atoms with van der Waals surface area (Å²) in [6.07, 6.45) is 2.81. The summed E-state index contributed by atoms with van der Waals surface area (Å²) < 4.78 is 0. The first-order valence-corrected chi connectivity index (χ1v) is 8.01. The predicted molar refractivity (Wildman–Crippen MR) is 90.1 cm³/mol. The molecule has 0 spiro atoms. The van der Waals surface area contributed by atoms with E-state index in [0.717, 1.165) is 12.0 Å².